The van der Waals surface area contributed by atoms with E-state index in [0.29, 0.717) is 12.5 Å². The number of piperidine rings is 1. The molecule has 21 heavy (non-hydrogen) atoms. The summed E-state index contributed by atoms with van der Waals surface area (Å²) in [5.41, 5.74) is 0. The van der Waals surface area contributed by atoms with Gasteiger partial charge in [0.15, 0.2) is 0 Å². The smallest absolute Gasteiger partial charge is 0.326 e. The van der Waals surface area contributed by atoms with Gasteiger partial charge in [0.1, 0.15) is 6.04 Å². The Balaban J connectivity index is 2.30. The van der Waals surface area contributed by atoms with Gasteiger partial charge in [-0.3, -0.25) is 4.79 Å². The molecule has 0 bridgehead atoms. The zero-order valence-corrected chi connectivity index (χ0v) is 13.6. The van der Waals surface area contributed by atoms with E-state index in [9.17, 15) is 9.59 Å². The van der Waals surface area contributed by atoms with E-state index in [1.165, 1.54) is 19.3 Å². The highest BCUT2D eigenvalue weighted by Crippen LogP contribution is 2.16. The molecule has 0 aromatic heterocycles. The Morgan fingerprint density at radius 1 is 1.38 bits per heavy atom. The van der Waals surface area contributed by atoms with Gasteiger partial charge in [0.25, 0.3) is 0 Å². The van der Waals surface area contributed by atoms with Crippen molar-refractivity contribution in [2.45, 2.75) is 71.4 Å². The molecule has 1 heterocycles. The summed E-state index contributed by atoms with van der Waals surface area (Å²) < 4.78 is 0. The quantitative estimate of drug-likeness (QED) is 0.721. The second-order valence-corrected chi connectivity index (χ2v) is 6.25. The molecule has 3 unspecified atom stereocenters. The summed E-state index contributed by atoms with van der Waals surface area (Å²) >= 11 is 0. The highest BCUT2D eigenvalue weighted by molar-refractivity contribution is 5.83. The van der Waals surface area contributed by atoms with Crippen molar-refractivity contribution in [1.29, 1.82) is 0 Å². The Bertz CT molecular complexity index is 346. The van der Waals surface area contributed by atoms with Gasteiger partial charge in [-0.15, -0.1) is 0 Å². The van der Waals surface area contributed by atoms with Crippen LogP contribution in [0.2, 0.25) is 0 Å². The zero-order chi connectivity index (χ0) is 15.8. The van der Waals surface area contributed by atoms with Gasteiger partial charge in [0, 0.05) is 12.5 Å². The van der Waals surface area contributed by atoms with E-state index in [0.717, 1.165) is 25.9 Å². The number of hydrogen-bond acceptors (Lipinski definition) is 3. The third-order valence-corrected chi connectivity index (χ3v) is 4.59. The van der Waals surface area contributed by atoms with E-state index >= 15 is 0 Å². The zero-order valence-electron chi connectivity index (χ0n) is 13.6. The van der Waals surface area contributed by atoms with Gasteiger partial charge in [-0.25, -0.2) is 4.79 Å². The van der Waals surface area contributed by atoms with Crippen molar-refractivity contribution in [3.05, 3.63) is 0 Å². The Morgan fingerprint density at radius 2 is 2.10 bits per heavy atom. The van der Waals surface area contributed by atoms with Crippen molar-refractivity contribution in [2.24, 2.45) is 5.92 Å². The molecular formula is C16H30N2O3. The van der Waals surface area contributed by atoms with Crippen LogP contribution in [0.4, 0.5) is 0 Å². The number of rotatable bonds is 8. The summed E-state index contributed by atoms with van der Waals surface area (Å²) in [7, 11) is 0. The number of amides is 1. The van der Waals surface area contributed by atoms with E-state index < -0.39 is 12.0 Å². The molecule has 0 aromatic rings. The van der Waals surface area contributed by atoms with Crippen molar-refractivity contribution in [2.75, 3.05) is 13.1 Å². The molecule has 1 rings (SSSR count). The molecule has 0 radical (unpaired) electrons. The number of carbonyl (C=O) groups excluding carboxylic acids is 1. The van der Waals surface area contributed by atoms with Crippen LogP contribution >= 0.6 is 0 Å². The first-order chi connectivity index (χ1) is 9.95. The number of likely N-dealkylation sites (tertiary alicyclic amines) is 1. The molecule has 1 aliphatic heterocycles. The van der Waals surface area contributed by atoms with Crippen molar-refractivity contribution in [1.82, 2.24) is 10.2 Å². The second-order valence-electron chi connectivity index (χ2n) is 6.25. The van der Waals surface area contributed by atoms with Crippen molar-refractivity contribution >= 4 is 11.9 Å². The average Bonchev–Trinajstić information content (AvgIpc) is 2.45. The Kier molecular flexibility index (Phi) is 7.72. The van der Waals surface area contributed by atoms with Gasteiger partial charge in [-0.2, -0.15) is 0 Å². The summed E-state index contributed by atoms with van der Waals surface area (Å²) in [4.78, 5) is 25.5. The first-order valence-corrected chi connectivity index (χ1v) is 8.22. The topological polar surface area (TPSA) is 69.6 Å². The lowest BCUT2D eigenvalue weighted by atomic mass is 9.99. The molecule has 5 heteroatoms. The predicted octanol–water partition coefficient (Wildman–Crippen LogP) is 2.26. The minimum atomic E-state index is -0.942. The molecule has 2 N–H and O–H groups in total. The van der Waals surface area contributed by atoms with Crippen LogP contribution in [-0.2, 0) is 9.59 Å². The number of nitrogens with zero attached hydrogens (tertiary/aromatic N) is 1. The molecule has 0 saturated carbocycles. The maximum absolute atomic E-state index is 11.9. The van der Waals surface area contributed by atoms with Crippen LogP contribution in [-0.4, -0.2) is 47.1 Å². The Hall–Kier alpha value is -1.10. The number of nitrogens with one attached hydrogen (secondary N) is 1. The fourth-order valence-electron chi connectivity index (χ4n) is 2.86. The molecule has 0 aromatic carbocycles. The largest absolute Gasteiger partial charge is 0.480 e. The fourth-order valence-corrected chi connectivity index (χ4v) is 2.86. The normalized spacial score (nSPS) is 22.5. The van der Waals surface area contributed by atoms with Gasteiger partial charge in [0.05, 0.1) is 0 Å². The minimum absolute atomic E-state index is 0.0476. The van der Waals surface area contributed by atoms with Crippen LogP contribution in [0.15, 0.2) is 0 Å². The van der Waals surface area contributed by atoms with Gasteiger partial charge >= 0.3 is 5.97 Å². The van der Waals surface area contributed by atoms with Gasteiger partial charge in [-0.05, 0) is 45.2 Å². The molecule has 122 valence electrons. The van der Waals surface area contributed by atoms with Crippen molar-refractivity contribution in [3.63, 3.8) is 0 Å². The number of carbonyl (C=O) groups is 2. The monoisotopic (exact) mass is 298 g/mol. The number of carboxylic acid groups (broad SMARTS) is 1. The second kappa shape index (κ2) is 9.03. The van der Waals surface area contributed by atoms with Gasteiger partial charge in [-0.1, -0.05) is 26.7 Å². The van der Waals surface area contributed by atoms with Crippen LogP contribution in [0.5, 0.6) is 0 Å². The predicted molar refractivity (Wildman–Crippen MR) is 83.1 cm³/mol. The summed E-state index contributed by atoms with van der Waals surface area (Å²) in [6.07, 6.45) is 5.72. The lowest BCUT2D eigenvalue weighted by molar-refractivity contribution is -0.143. The number of carboxylic acids is 1. The van der Waals surface area contributed by atoms with Crippen LogP contribution < -0.4 is 5.32 Å². The molecule has 5 nitrogen and oxygen atoms in total. The van der Waals surface area contributed by atoms with E-state index in [-0.39, 0.29) is 11.8 Å². The maximum atomic E-state index is 11.9. The molecule has 3 atom stereocenters. The maximum Gasteiger partial charge on any atom is 0.326 e. The molecule has 1 aliphatic rings. The van der Waals surface area contributed by atoms with E-state index in [2.05, 4.69) is 17.1 Å². The summed E-state index contributed by atoms with van der Waals surface area (Å²) in [6.45, 7) is 8.07. The first-order valence-electron chi connectivity index (χ1n) is 8.22. The standard InChI is InChI=1S/C16H30N2O3/c1-4-12(2)15(16(20)21)17-14(19)9-7-11-18-10-6-5-8-13(18)3/h12-13,15H,4-11H2,1-3H3,(H,17,19)(H,20,21). The van der Waals surface area contributed by atoms with Crippen molar-refractivity contribution in [3.8, 4) is 0 Å². The summed E-state index contributed by atoms with van der Waals surface area (Å²) in [5, 5.41) is 11.8. The number of aliphatic carboxylic acids is 1. The van der Waals surface area contributed by atoms with Gasteiger partial charge in [0.2, 0.25) is 5.91 Å². The van der Waals surface area contributed by atoms with Gasteiger partial charge < -0.3 is 15.3 Å². The molecule has 1 fully saturated rings. The highest BCUT2D eigenvalue weighted by atomic mass is 16.4. The lowest BCUT2D eigenvalue weighted by Gasteiger charge is -2.33. The molecule has 0 spiro atoms. The Labute approximate surface area is 128 Å². The third kappa shape index (κ3) is 6.04. The first kappa shape index (κ1) is 18.0. The minimum Gasteiger partial charge on any atom is -0.480 e. The highest BCUT2D eigenvalue weighted by Gasteiger charge is 2.25. The molecule has 1 saturated heterocycles. The number of hydrogen-bond donors (Lipinski definition) is 2. The SMILES string of the molecule is CCC(C)C(NC(=O)CCCN1CCCCC1C)C(=O)O. The van der Waals surface area contributed by atoms with Crippen LogP contribution in [0.1, 0.15) is 59.3 Å². The summed E-state index contributed by atoms with van der Waals surface area (Å²) in [6, 6.07) is -0.162. The van der Waals surface area contributed by atoms with E-state index in [4.69, 9.17) is 5.11 Å². The third-order valence-electron chi connectivity index (χ3n) is 4.59. The van der Waals surface area contributed by atoms with E-state index in [1.807, 2.05) is 13.8 Å². The lowest BCUT2D eigenvalue weighted by Crippen LogP contribution is -2.45. The van der Waals surface area contributed by atoms with E-state index in [1.54, 1.807) is 0 Å². The molecular weight excluding hydrogens is 268 g/mol. The molecule has 1 amide bonds. The summed E-state index contributed by atoms with van der Waals surface area (Å²) in [5.74, 6) is -1.14. The molecule has 0 aliphatic carbocycles. The Morgan fingerprint density at radius 3 is 2.67 bits per heavy atom. The fraction of sp³-hybridized carbons (Fsp3) is 0.875. The average molecular weight is 298 g/mol. The van der Waals surface area contributed by atoms with Crippen molar-refractivity contribution < 1.29 is 14.7 Å². The van der Waals surface area contributed by atoms with Crippen LogP contribution in [0, 0.1) is 5.92 Å². The van der Waals surface area contributed by atoms with Crippen LogP contribution in [0.3, 0.4) is 0 Å². The van der Waals surface area contributed by atoms with Crippen LogP contribution in [0.25, 0.3) is 0 Å².